The molecule has 1 fully saturated rings. The normalized spacial score (nSPS) is 18.1. The summed E-state index contributed by atoms with van der Waals surface area (Å²) in [5, 5.41) is 9.14. The highest BCUT2D eigenvalue weighted by atomic mass is 19.4. The molecule has 0 radical (unpaired) electrons. The Balaban J connectivity index is 0.000000784. The summed E-state index contributed by atoms with van der Waals surface area (Å²) in [6.45, 7) is 7.56. The molecule has 2 atom stereocenters. The number of carbonyl (C=O) groups is 1. The number of piperidine rings is 1. The number of alkyl halides is 3. The van der Waals surface area contributed by atoms with Gasteiger partial charge in [0, 0.05) is 19.0 Å². The van der Waals surface area contributed by atoms with Gasteiger partial charge in [0.2, 0.25) is 0 Å². The highest BCUT2D eigenvalue weighted by molar-refractivity contribution is 5.67. The fraction of sp³-hybridized carbons (Fsp3) is 0.393. The van der Waals surface area contributed by atoms with Crippen molar-refractivity contribution in [1.29, 1.82) is 0 Å². The van der Waals surface area contributed by atoms with Crippen LogP contribution in [-0.4, -0.2) is 35.7 Å². The Morgan fingerprint density at radius 2 is 1.83 bits per heavy atom. The maximum absolute atomic E-state index is 12.9. The highest BCUT2D eigenvalue weighted by Gasteiger charge is 2.33. The molecule has 0 bridgehead atoms. The molecule has 3 rings (SSSR count). The second kappa shape index (κ2) is 13.7. The van der Waals surface area contributed by atoms with Crippen LogP contribution in [0.5, 0.6) is 0 Å². The first-order valence-electron chi connectivity index (χ1n) is 11.5. The first kappa shape index (κ1) is 28.2. The van der Waals surface area contributed by atoms with E-state index in [0.29, 0.717) is 32.7 Å². The number of aliphatic carboxylic acids is 1. The van der Waals surface area contributed by atoms with Gasteiger partial charge in [-0.25, -0.2) is 0 Å². The molecule has 1 saturated heterocycles. The number of ether oxygens (including phenoxy) is 1. The summed E-state index contributed by atoms with van der Waals surface area (Å²) in [7, 11) is 0. The van der Waals surface area contributed by atoms with Crippen molar-refractivity contribution in [2.75, 3.05) is 19.7 Å². The maximum Gasteiger partial charge on any atom is 0.416 e. The molecule has 1 aliphatic heterocycles. The average Bonchev–Trinajstić information content (AvgIpc) is 2.82. The zero-order valence-corrected chi connectivity index (χ0v) is 19.9. The van der Waals surface area contributed by atoms with Crippen molar-refractivity contribution >= 4 is 5.97 Å². The molecule has 0 spiro atoms. The minimum atomic E-state index is -4.37. The predicted octanol–water partition coefficient (Wildman–Crippen LogP) is 6.35. The van der Waals surface area contributed by atoms with Crippen molar-refractivity contribution in [3.05, 3.63) is 83.4 Å². The van der Waals surface area contributed by atoms with Crippen LogP contribution in [-0.2, 0) is 22.3 Å². The first-order valence-corrected chi connectivity index (χ1v) is 11.5. The van der Waals surface area contributed by atoms with Gasteiger partial charge in [-0.15, -0.1) is 6.42 Å². The topological polar surface area (TPSA) is 49.8 Å². The monoisotopic (exact) mass is 487 g/mol. The Kier molecular flexibility index (Phi) is 11.0. The third-order valence-corrected chi connectivity index (χ3v) is 5.79. The first-order chi connectivity index (χ1) is 16.6. The maximum atomic E-state index is 12.9. The molecule has 0 aromatic heterocycles. The van der Waals surface area contributed by atoms with Crippen LogP contribution in [0, 0.1) is 18.3 Å². The molecule has 4 nitrogen and oxygen atoms in total. The summed E-state index contributed by atoms with van der Waals surface area (Å²) in [4.78, 5) is 13.3. The van der Waals surface area contributed by atoms with Crippen LogP contribution >= 0.6 is 0 Å². The zero-order valence-electron chi connectivity index (χ0n) is 19.9. The number of benzene rings is 2. The lowest BCUT2D eigenvalue weighted by Gasteiger charge is -2.39. The molecule has 1 N–H and O–H groups in total. The number of hydrogen-bond acceptors (Lipinski definition) is 3. The van der Waals surface area contributed by atoms with Crippen molar-refractivity contribution < 1.29 is 27.8 Å². The van der Waals surface area contributed by atoms with Gasteiger partial charge in [-0.1, -0.05) is 55.0 Å². The van der Waals surface area contributed by atoms with Crippen LogP contribution in [0.1, 0.15) is 48.9 Å². The molecule has 0 saturated carbocycles. The molecule has 7 heteroatoms. The fourth-order valence-electron chi connectivity index (χ4n) is 3.97. The van der Waals surface area contributed by atoms with Gasteiger partial charge < -0.3 is 9.84 Å². The molecule has 2 aromatic rings. The summed E-state index contributed by atoms with van der Waals surface area (Å²) in [6, 6.07) is 14.9. The number of carboxylic acid groups (broad SMARTS) is 1. The average molecular weight is 488 g/mol. The number of hydrogen-bond donors (Lipinski definition) is 1. The quantitative estimate of drug-likeness (QED) is 0.348. The van der Waals surface area contributed by atoms with Crippen molar-refractivity contribution in [2.45, 2.75) is 45.0 Å². The van der Waals surface area contributed by atoms with E-state index in [1.54, 1.807) is 6.92 Å². The van der Waals surface area contributed by atoms with E-state index in [1.807, 2.05) is 30.3 Å². The minimum Gasteiger partial charge on any atom is -0.481 e. The van der Waals surface area contributed by atoms with Crippen LogP contribution in [0.3, 0.4) is 0 Å². The van der Waals surface area contributed by atoms with Gasteiger partial charge in [0.15, 0.2) is 0 Å². The van der Waals surface area contributed by atoms with E-state index < -0.39 is 17.7 Å². The summed E-state index contributed by atoms with van der Waals surface area (Å²) in [5.74, 6) is 1.50. The number of terminal acetylenes is 1. The largest absolute Gasteiger partial charge is 0.481 e. The third kappa shape index (κ3) is 9.97. The van der Waals surface area contributed by atoms with Crippen molar-refractivity contribution in [1.82, 2.24) is 4.90 Å². The van der Waals surface area contributed by atoms with Gasteiger partial charge in [0.05, 0.1) is 18.8 Å². The molecule has 35 heavy (non-hydrogen) atoms. The van der Waals surface area contributed by atoms with E-state index >= 15 is 0 Å². The molecule has 188 valence electrons. The number of halogens is 3. The highest BCUT2D eigenvalue weighted by Crippen LogP contribution is 2.37. The van der Waals surface area contributed by atoms with E-state index in [-0.39, 0.29) is 18.4 Å². The van der Waals surface area contributed by atoms with Crippen LogP contribution in [0.2, 0.25) is 0 Å². The van der Waals surface area contributed by atoms with Gasteiger partial charge in [-0.05, 0) is 61.1 Å². The molecule has 2 aromatic carbocycles. The Morgan fingerprint density at radius 3 is 2.37 bits per heavy atom. The Hall–Kier alpha value is -3.08. The number of likely N-dealkylation sites (tertiary alicyclic amines) is 1. The van der Waals surface area contributed by atoms with Gasteiger partial charge in [0.25, 0.3) is 0 Å². The van der Waals surface area contributed by atoms with E-state index in [2.05, 4.69) is 17.4 Å². The summed E-state index contributed by atoms with van der Waals surface area (Å²) >= 11 is 0. The van der Waals surface area contributed by atoms with Gasteiger partial charge in [0.1, 0.15) is 0 Å². The molecule has 0 unspecified atom stereocenters. The predicted molar refractivity (Wildman–Crippen MR) is 130 cm³/mol. The van der Waals surface area contributed by atoms with Gasteiger partial charge >= 0.3 is 12.1 Å². The fourth-order valence-corrected chi connectivity index (χ4v) is 3.97. The molecule has 1 aliphatic rings. The lowest BCUT2D eigenvalue weighted by atomic mass is 9.85. The van der Waals surface area contributed by atoms with E-state index in [0.717, 1.165) is 35.3 Å². The number of rotatable bonds is 8. The number of carboxylic acids is 1. The Morgan fingerprint density at radius 1 is 1.20 bits per heavy atom. The molecule has 1 heterocycles. The standard InChI is InChI=1S/C23H26F3NO3.C5H6/c24-23(25,26)20-8-6-19(7-9-20)21-14-18(15-22(28)29)10-11-27(21)12-13-30-16-17-4-2-1-3-5-17;1-4-5(2)3/h1-9,18,21H,10-16H2,(H,28,29);1H,2H2,3H3/t18-,21+;/m1./s1. The van der Waals surface area contributed by atoms with Crippen molar-refractivity contribution in [3.8, 4) is 12.3 Å². The molecular formula is C28H32F3NO3. The third-order valence-electron chi connectivity index (χ3n) is 5.79. The van der Waals surface area contributed by atoms with Crippen LogP contribution in [0.15, 0.2) is 66.7 Å². The second-order valence-electron chi connectivity index (χ2n) is 8.62. The Labute approximate surface area is 205 Å². The second-order valence-corrected chi connectivity index (χ2v) is 8.62. The molecule has 0 amide bonds. The smallest absolute Gasteiger partial charge is 0.416 e. The van der Waals surface area contributed by atoms with Crippen molar-refractivity contribution in [3.63, 3.8) is 0 Å². The van der Waals surface area contributed by atoms with E-state index in [9.17, 15) is 18.0 Å². The lowest BCUT2D eigenvalue weighted by Crippen LogP contribution is -2.39. The lowest BCUT2D eigenvalue weighted by molar-refractivity contribution is -0.139. The van der Waals surface area contributed by atoms with E-state index in [4.69, 9.17) is 16.3 Å². The van der Waals surface area contributed by atoms with Crippen LogP contribution < -0.4 is 0 Å². The number of nitrogens with zero attached hydrogens (tertiary/aromatic N) is 1. The molecular weight excluding hydrogens is 455 g/mol. The van der Waals surface area contributed by atoms with Gasteiger partial charge in [-0.3, -0.25) is 9.69 Å². The minimum absolute atomic E-state index is 0.0104. The van der Waals surface area contributed by atoms with Crippen LogP contribution in [0.25, 0.3) is 0 Å². The Bertz CT molecular complexity index is 981. The summed E-state index contributed by atoms with van der Waals surface area (Å²) in [5.41, 5.74) is 1.96. The number of allylic oxidation sites excluding steroid dienone is 1. The van der Waals surface area contributed by atoms with Crippen molar-refractivity contribution in [2.24, 2.45) is 5.92 Å². The van der Waals surface area contributed by atoms with Gasteiger partial charge in [-0.2, -0.15) is 13.2 Å². The van der Waals surface area contributed by atoms with Crippen LogP contribution in [0.4, 0.5) is 13.2 Å². The SMILES string of the molecule is C#CC(=C)C.O=C(O)C[C@@H]1CCN(CCOCc2ccccc2)[C@H](c2ccc(C(F)(F)F)cc2)C1. The summed E-state index contributed by atoms with van der Waals surface area (Å²) in [6.07, 6.45) is 1.89. The van der Waals surface area contributed by atoms with E-state index in [1.165, 1.54) is 12.1 Å². The molecule has 0 aliphatic carbocycles. The zero-order chi connectivity index (χ0) is 25.8. The summed E-state index contributed by atoms with van der Waals surface area (Å²) < 4.78 is 44.5.